The monoisotopic (exact) mass is 468 g/mol. The first kappa shape index (κ1) is 20.1. The molecule has 164 valence electrons. The van der Waals surface area contributed by atoms with Crippen molar-refractivity contribution in [2.75, 3.05) is 24.6 Å². The highest BCUT2D eigenvalue weighted by Gasteiger charge is 2.66. The first-order valence-corrected chi connectivity index (χ1v) is 11.7. The lowest BCUT2D eigenvalue weighted by molar-refractivity contribution is 0.237. The van der Waals surface area contributed by atoms with Crippen molar-refractivity contribution in [1.29, 1.82) is 0 Å². The maximum absolute atomic E-state index is 9.65. The van der Waals surface area contributed by atoms with Gasteiger partial charge >= 0.3 is 0 Å². The van der Waals surface area contributed by atoms with Crippen LogP contribution in [0.25, 0.3) is 22.2 Å². The average molecular weight is 469 g/mol. The summed E-state index contributed by atoms with van der Waals surface area (Å²) in [5, 5.41) is 11.7. The number of H-pyrrole nitrogens is 1. The van der Waals surface area contributed by atoms with Crippen LogP contribution in [0.1, 0.15) is 12.6 Å². The first-order valence-electron chi connectivity index (χ1n) is 10.5. The van der Waals surface area contributed by atoms with E-state index in [-0.39, 0.29) is 18.4 Å². The lowest BCUT2D eigenvalue weighted by Crippen LogP contribution is -2.40. The van der Waals surface area contributed by atoms with Gasteiger partial charge in [-0.2, -0.15) is 0 Å². The van der Waals surface area contributed by atoms with Crippen molar-refractivity contribution in [3.05, 3.63) is 35.4 Å². The van der Waals surface area contributed by atoms with Gasteiger partial charge in [0.15, 0.2) is 10.8 Å². The van der Waals surface area contributed by atoms with E-state index >= 15 is 0 Å². The predicted molar refractivity (Wildman–Crippen MR) is 123 cm³/mol. The molecule has 0 amide bonds. The molecule has 5 heterocycles. The lowest BCUT2D eigenvalue weighted by Gasteiger charge is -2.25. The van der Waals surface area contributed by atoms with Gasteiger partial charge in [-0.3, -0.25) is 4.98 Å². The number of piperidine rings is 1. The number of nitrogens with two attached hydrogens (primary N) is 1. The van der Waals surface area contributed by atoms with Crippen LogP contribution in [0.2, 0.25) is 5.02 Å². The van der Waals surface area contributed by atoms with Crippen LogP contribution in [-0.2, 0) is 6.42 Å². The van der Waals surface area contributed by atoms with Crippen LogP contribution in [0.4, 0.5) is 5.82 Å². The highest BCUT2D eigenvalue weighted by Crippen LogP contribution is 2.54. The fraction of sp³-hybridized carbons (Fsp3) is 0.381. The quantitative estimate of drug-likeness (QED) is 0.378. The number of hydrogen-bond acceptors (Lipinski definition) is 9. The van der Waals surface area contributed by atoms with E-state index in [1.165, 1.54) is 11.8 Å². The molecule has 9 nitrogen and oxygen atoms in total. The number of aryl methyl sites for hydroxylation is 1. The summed E-state index contributed by atoms with van der Waals surface area (Å²) in [6, 6.07) is 1.93. The molecule has 11 heteroatoms. The summed E-state index contributed by atoms with van der Waals surface area (Å²) >= 11 is 8.14. The summed E-state index contributed by atoms with van der Waals surface area (Å²) in [5.41, 5.74) is 8.83. The second-order valence-corrected chi connectivity index (χ2v) is 9.80. The van der Waals surface area contributed by atoms with E-state index in [0.717, 1.165) is 52.5 Å². The molecule has 0 aromatic carbocycles. The number of halogens is 1. The number of hydrogen-bond donors (Lipinski definition) is 3. The molecule has 1 aliphatic heterocycles. The molecule has 1 saturated heterocycles. The number of nitrogens with one attached hydrogen (secondary N) is 1. The molecule has 0 spiro atoms. The zero-order valence-corrected chi connectivity index (χ0v) is 18.9. The van der Waals surface area contributed by atoms with Gasteiger partial charge in [-0.25, -0.2) is 19.9 Å². The van der Waals surface area contributed by atoms with E-state index in [2.05, 4.69) is 31.8 Å². The second kappa shape index (κ2) is 7.24. The molecule has 0 bridgehead atoms. The highest BCUT2D eigenvalue weighted by molar-refractivity contribution is 7.99. The third kappa shape index (κ3) is 2.97. The largest absolute Gasteiger partial charge is 0.394 e. The van der Waals surface area contributed by atoms with Crippen LogP contribution in [-0.4, -0.2) is 60.2 Å². The Morgan fingerprint density at radius 3 is 2.78 bits per heavy atom. The maximum atomic E-state index is 9.65. The molecule has 2 fully saturated rings. The zero-order valence-electron chi connectivity index (χ0n) is 17.3. The minimum atomic E-state index is -0.464. The molecule has 3 atom stereocenters. The normalized spacial score (nSPS) is 24.4. The van der Waals surface area contributed by atoms with Gasteiger partial charge in [-0.15, -0.1) is 0 Å². The van der Waals surface area contributed by atoms with Crippen molar-refractivity contribution in [3.8, 4) is 0 Å². The Hall–Kier alpha value is -2.53. The number of nitrogens with zero attached hydrogens (tertiary/aromatic N) is 6. The predicted octanol–water partition coefficient (Wildman–Crippen LogP) is 2.42. The van der Waals surface area contributed by atoms with Gasteiger partial charge in [0.1, 0.15) is 17.0 Å². The van der Waals surface area contributed by atoms with Crippen LogP contribution < -0.4 is 10.6 Å². The van der Waals surface area contributed by atoms with Gasteiger partial charge in [0.2, 0.25) is 0 Å². The third-order valence-electron chi connectivity index (χ3n) is 6.65. The van der Waals surface area contributed by atoms with E-state index in [9.17, 15) is 5.11 Å². The van der Waals surface area contributed by atoms with Crippen molar-refractivity contribution in [2.45, 2.75) is 28.9 Å². The molecule has 1 saturated carbocycles. The number of pyridine rings is 1. The molecule has 4 N–H and O–H groups in total. The van der Waals surface area contributed by atoms with Gasteiger partial charge in [-0.05, 0) is 24.2 Å². The van der Waals surface area contributed by atoms with Gasteiger partial charge in [0, 0.05) is 59.6 Å². The smallest absolute Gasteiger partial charge is 0.196 e. The van der Waals surface area contributed by atoms with Gasteiger partial charge in [-0.1, -0.05) is 18.5 Å². The fourth-order valence-electron chi connectivity index (χ4n) is 4.77. The first-order chi connectivity index (χ1) is 15.5. The van der Waals surface area contributed by atoms with Crippen molar-refractivity contribution in [1.82, 2.24) is 29.9 Å². The Morgan fingerprint density at radius 2 is 2.03 bits per heavy atom. The molecule has 0 unspecified atom stereocenters. The van der Waals surface area contributed by atoms with Crippen LogP contribution in [0.3, 0.4) is 0 Å². The molecule has 6 rings (SSSR count). The Labute approximate surface area is 192 Å². The molecular weight excluding hydrogens is 448 g/mol. The number of rotatable bonds is 5. The van der Waals surface area contributed by atoms with Gasteiger partial charge in [0.25, 0.3) is 0 Å². The molecule has 4 aromatic heterocycles. The Bertz CT molecular complexity index is 1350. The fourth-order valence-corrected chi connectivity index (χ4v) is 5.88. The van der Waals surface area contributed by atoms with E-state index < -0.39 is 5.54 Å². The van der Waals surface area contributed by atoms with Crippen LogP contribution in [0.5, 0.6) is 0 Å². The second-order valence-electron chi connectivity index (χ2n) is 8.39. The maximum Gasteiger partial charge on any atom is 0.196 e. The van der Waals surface area contributed by atoms with Crippen LogP contribution in [0, 0.1) is 11.8 Å². The SMILES string of the molecule is CCc1[nH]c2nc(Sc3cnc4nccnc4c3)nc(N3C[C@@H]4[C@H](C3)[C@@]4(N)CO)c2c1Cl. The molecule has 0 radical (unpaired) electrons. The van der Waals surface area contributed by atoms with Crippen LogP contribution >= 0.6 is 23.4 Å². The Morgan fingerprint density at radius 1 is 1.25 bits per heavy atom. The summed E-state index contributed by atoms with van der Waals surface area (Å²) in [6.07, 6.45) is 5.79. The van der Waals surface area contributed by atoms with E-state index in [1.807, 2.05) is 6.07 Å². The molecule has 4 aromatic rings. The summed E-state index contributed by atoms with van der Waals surface area (Å²) < 4.78 is 0. The van der Waals surface area contributed by atoms with E-state index in [4.69, 9.17) is 27.3 Å². The number of aliphatic hydroxyl groups is 1. The minimum absolute atomic E-state index is 0.0131. The van der Waals surface area contributed by atoms with Crippen molar-refractivity contribution < 1.29 is 5.11 Å². The number of aliphatic hydroxyl groups excluding tert-OH is 1. The molecule has 1 aliphatic carbocycles. The zero-order chi connectivity index (χ0) is 22.0. The molecule has 32 heavy (non-hydrogen) atoms. The standard InChI is InChI=1S/C21H21ClN8OS/c1-2-13-16(22)15-18(27-13)28-20(32-10-5-14-17(26-6-10)25-4-3-24-14)29-19(15)30-7-11-12(8-30)21(11,23)9-31/h3-6,11-12,31H,2,7-9,23H2,1H3,(H,27,28,29)/t11-,12+,21-. The lowest BCUT2D eigenvalue weighted by atomic mass is 10.2. The van der Waals surface area contributed by atoms with Crippen molar-refractivity contribution >= 4 is 51.4 Å². The van der Waals surface area contributed by atoms with Crippen molar-refractivity contribution in [3.63, 3.8) is 0 Å². The van der Waals surface area contributed by atoms with E-state index in [1.54, 1.807) is 18.6 Å². The molecule has 2 aliphatic rings. The summed E-state index contributed by atoms with van der Waals surface area (Å²) in [5.74, 6) is 1.33. The topological polar surface area (TPSA) is 130 Å². The average Bonchev–Trinajstić information content (AvgIpc) is 3.14. The highest BCUT2D eigenvalue weighted by atomic mass is 35.5. The summed E-state index contributed by atoms with van der Waals surface area (Å²) in [4.78, 5) is 29.0. The van der Waals surface area contributed by atoms with Crippen molar-refractivity contribution in [2.24, 2.45) is 17.6 Å². The number of aromatic amines is 1. The summed E-state index contributed by atoms with van der Waals surface area (Å²) in [7, 11) is 0. The summed E-state index contributed by atoms with van der Waals surface area (Å²) in [6.45, 7) is 3.55. The molecular formula is C21H21ClN8OS. The number of anilines is 1. The van der Waals surface area contributed by atoms with Gasteiger partial charge < -0.3 is 20.7 Å². The Kier molecular flexibility index (Phi) is 4.55. The minimum Gasteiger partial charge on any atom is -0.394 e. The number of fused-ring (bicyclic) bond motifs is 3. The third-order valence-corrected chi connectivity index (χ3v) is 7.89. The van der Waals surface area contributed by atoms with E-state index in [0.29, 0.717) is 15.8 Å². The van der Waals surface area contributed by atoms with Gasteiger partial charge in [0.05, 0.1) is 17.0 Å². The number of aromatic nitrogens is 6. The van der Waals surface area contributed by atoms with Crippen LogP contribution in [0.15, 0.2) is 34.7 Å². The Balaban J connectivity index is 1.40.